The maximum absolute atomic E-state index is 13.1. The summed E-state index contributed by atoms with van der Waals surface area (Å²) in [5.74, 6) is -0.135. The van der Waals surface area contributed by atoms with Gasteiger partial charge in [0, 0.05) is 29.4 Å². The number of nitrogens with one attached hydrogen (secondary N) is 1. The van der Waals surface area contributed by atoms with Crippen molar-refractivity contribution < 1.29 is 4.79 Å². The Balaban J connectivity index is 1.78. The number of amides is 1. The van der Waals surface area contributed by atoms with Gasteiger partial charge < -0.3 is 9.88 Å². The van der Waals surface area contributed by atoms with Crippen LogP contribution in [0.5, 0.6) is 0 Å². The third-order valence-electron chi connectivity index (χ3n) is 5.19. The van der Waals surface area contributed by atoms with Crippen LogP contribution in [0.2, 0.25) is 5.02 Å². The van der Waals surface area contributed by atoms with E-state index in [1.165, 1.54) is 4.68 Å². The van der Waals surface area contributed by atoms with Gasteiger partial charge in [0.25, 0.3) is 5.56 Å². The molecule has 1 unspecified atom stereocenters. The van der Waals surface area contributed by atoms with Crippen molar-refractivity contribution in [2.24, 2.45) is 7.05 Å². The molecule has 2 heterocycles. The van der Waals surface area contributed by atoms with Crippen molar-refractivity contribution in [1.29, 1.82) is 0 Å². The maximum atomic E-state index is 13.1. The Morgan fingerprint density at radius 2 is 1.86 bits per heavy atom. The lowest BCUT2D eigenvalue weighted by molar-refractivity contribution is -0.124. The number of halogens is 1. The summed E-state index contributed by atoms with van der Waals surface area (Å²) in [5, 5.41) is 9.48. The monoisotopic (exact) mass is 408 g/mol. The molecular weight excluding hydrogens is 388 g/mol. The summed E-state index contributed by atoms with van der Waals surface area (Å²) >= 11 is 5.93. The first-order valence-corrected chi connectivity index (χ1v) is 9.86. The normalized spacial score (nSPS) is 12.4. The van der Waals surface area contributed by atoms with E-state index in [1.807, 2.05) is 47.9 Å². The van der Waals surface area contributed by atoms with Crippen molar-refractivity contribution >= 4 is 39.3 Å². The average molecular weight is 409 g/mol. The number of carbonyl (C=O) groups is 1. The number of rotatable bonds is 5. The molecule has 0 bridgehead atoms. The van der Waals surface area contributed by atoms with Crippen molar-refractivity contribution in [1.82, 2.24) is 19.7 Å². The number of para-hydroxylation sites is 1. The lowest BCUT2D eigenvalue weighted by Gasteiger charge is -2.19. The molecule has 4 rings (SSSR count). The molecule has 0 saturated heterocycles. The van der Waals surface area contributed by atoms with Crippen LogP contribution in [0.1, 0.15) is 24.9 Å². The predicted molar refractivity (Wildman–Crippen MR) is 115 cm³/mol. The van der Waals surface area contributed by atoms with Gasteiger partial charge in [-0.15, -0.1) is 0 Å². The van der Waals surface area contributed by atoms with Crippen LogP contribution in [-0.2, 0) is 18.4 Å². The molecule has 0 radical (unpaired) electrons. The fraction of sp³-hybridized carbons (Fsp3) is 0.227. The van der Waals surface area contributed by atoms with Crippen molar-refractivity contribution in [3.05, 3.63) is 75.7 Å². The standard InChI is InChI=1S/C22H21ClN4O2/c1-3-18(21(28)24-12-14-8-10-15(23)11-9-14)27-19-7-5-4-6-16(19)17-13-25-26(2)22(29)20(17)27/h4-11,13,18H,3,12H2,1-2H3,(H,24,28). The van der Waals surface area contributed by atoms with E-state index in [1.54, 1.807) is 25.4 Å². The summed E-state index contributed by atoms with van der Waals surface area (Å²) in [6, 6.07) is 14.6. The molecule has 29 heavy (non-hydrogen) atoms. The maximum Gasteiger partial charge on any atom is 0.291 e. The van der Waals surface area contributed by atoms with Crippen molar-refractivity contribution in [2.45, 2.75) is 25.9 Å². The largest absolute Gasteiger partial charge is 0.350 e. The summed E-state index contributed by atoms with van der Waals surface area (Å²) in [4.78, 5) is 26.0. The summed E-state index contributed by atoms with van der Waals surface area (Å²) in [5.41, 5.74) is 2.08. The van der Waals surface area contributed by atoms with Gasteiger partial charge in [0.2, 0.25) is 5.91 Å². The Bertz CT molecular complexity index is 1260. The topological polar surface area (TPSA) is 68.9 Å². The number of hydrogen-bond donors (Lipinski definition) is 1. The number of hydrogen-bond acceptors (Lipinski definition) is 3. The first kappa shape index (κ1) is 19.2. The zero-order chi connectivity index (χ0) is 20.5. The predicted octanol–water partition coefficient (Wildman–Crippen LogP) is 3.81. The molecule has 4 aromatic rings. The molecule has 0 fully saturated rings. The SMILES string of the molecule is CCC(C(=O)NCc1ccc(Cl)cc1)n1c2ccccc2c2cnn(C)c(=O)c21. The molecule has 1 atom stereocenters. The quantitative estimate of drug-likeness (QED) is 0.546. The fourth-order valence-electron chi connectivity index (χ4n) is 3.71. The van der Waals surface area contributed by atoms with Crippen molar-refractivity contribution in [3.63, 3.8) is 0 Å². The summed E-state index contributed by atoms with van der Waals surface area (Å²) in [6.07, 6.45) is 2.24. The second-order valence-electron chi connectivity index (χ2n) is 6.99. The Kier molecular flexibility index (Phi) is 5.11. The van der Waals surface area contributed by atoms with E-state index < -0.39 is 6.04 Å². The number of carbonyl (C=O) groups excluding carboxylic acids is 1. The molecule has 2 aromatic carbocycles. The van der Waals surface area contributed by atoms with Crippen LogP contribution in [0.25, 0.3) is 21.8 Å². The lowest BCUT2D eigenvalue weighted by Crippen LogP contribution is -2.33. The fourth-order valence-corrected chi connectivity index (χ4v) is 3.83. The lowest BCUT2D eigenvalue weighted by atomic mass is 10.1. The van der Waals surface area contributed by atoms with Gasteiger partial charge in [0.15, 0.2) is 0 Å². The third-order valence-corrected chi connectivity index (χ3v) is 5.44. The van der Waals surface area contributed by atoms with Gasteiger partial charge in [-0.2, -0.15) is 5.10 Å². The summed E-state index contributed by atoms with van der Waals surface area (Å²) < 4.78 is 3.15. The minimum atomic E-state index is -0.514. The van der Waals surface area contributed by atoms with Crippen LogP contribution in [0.3, 0.4) is 0 Å². The van der Waals surface area contributed by atoms with E-state index in [-0.39, 0.29) is 11.5 Å². The molecule has 6 nitrogen and oxygen atoms in total. The molecule has 1 N–H and O–H groups in total. The van der Waals surface area contributed by atoms with Gasteiger partial charge in [-0.1, -0.05) is 48.9 Å². The van der Waals surface area contributed by atoms with Crippen LogP contribution < -0.4 is 10.9 Å². The second kappa shape index (κ2) is 7.72. The van der Waals surface area contributed by atoms with Gasteiger partial charge in [0.05, 0.1) is 11.7 Å². The Labute approximate surface area is 172 Å². The highest BCUT2D eigenvalue weighted by molar-refractivity contribution is 6.30. The molecule has 2 aromatic heterocycles. The third kappa shape index (κ3) is 3.40. The highest BCUT2D eigenvalue weighted by Gasteiger charge is 2.25. The molecule has 0 aliphatic carbocycles. The van der Waals surface area contributed by atoms with Gasteiger partial charge in [-0.3, -0.25) is 9.59 Å². The van der Waals surface area contributed by atoms with Crippen molar-refractivity contribution in [2.75, 3.05) is 0 Å². The highest BCUT2D eigenvalue weighted by Crippen LogP contribution is 2.30. The van der Waals surface area contributed by atoms with E-state index in [0.29, 0.717) is 23.5 Å². The summed E-state index contributed by atoms with van der Waals surface area (Å²) in [6.45, 7) is 2.34. The molecule has 0 aliphatic heterocycles. The van der Waals surface area contributed by atoms with Gasteiger partial charge in [-0.25, -0.2) is 4.68 Å². The van der Waals surface area contributed by atoms with Gasteiger partial charge >= 0.3 is 0 Å². The van der Waals surface area contributed by atoms with Crippen LogP contribution in [0, 0.1) is 0 Å². The Morgan fingerprint density at radius 3 is 2.59 bits per heavy atom. The Hall–Kier alpha value is -3.12. The van der Waals surface area contributed by atoms with E-state index >= 15 is 0 Å². The molecular formula is C22H21ClN4O2. The second-order valence-corrected chi connectivity index (χ2v) is 7.43. The molecule has 148 valence electrons. The first-order valence-electron chi connectivity index (χ1n) is 9.48. The Morgan fingerprint density at radius 1 is 1.14 bits per heavy atom. The van der Waals surface area contributed by atoms with Gasteiger partial charge in [-0.05, 0) is 30.2 Å². The highest BCUT2D eigenvalue weighted by atomic mass is 35.5. The zero-order valence-electron chi connectivity index (χ0n) is 16.2. The number of nitrogens with zero attached hydrogens (tertiary/aromatic N) is 3. The van der Waals surface area contributed by atoms with E-state index in [0.717, 1.165) is 21.9 Å². The molecule has 0 saturated carbocycles. The van der Waals surface area contributed by atoms with E-state index in [4.69, 9.17) is 11.6 Å². The number of fused-ring (bicyclic) bond motifs is 3. The van der Waals surface area contributed by atoms with Crippen molar-refractivity contribution in [3.8, 4) is 0 Å². The molecule has 0 spiro atoms. The van der Waals surface area contributed by atoms with Crippen LogP contribution in [-0.4, -0.2) is 20.3 Å². The van der Waals surface area contributed by atoms with Crippen LogP contribution in [0.15, 0.2) is 59.5 Å². The smallest absolute Gasteiger partial charge is 0.291 e. The average Bonchev–Trinajstić information content (AvgIpc) is 3.06. The van der Waals surface area contributed by atoms with E-state index in [2.05, 4.69) is 10.4 Å². The van der Waals surface area contributed by atoms with Crippen LogP contribution in [0.4, 0.5) is 0 Å². The minimum absolute atomic E-state index is 0.135. The minimum Gasteiger partial charge on any atom is -0.350 e. The number of benzene rings is 2. The molecule has 1 amide bonds. The van der Waals surface area contributed by atoms with Gasteiger partial charge in [0.1, 0.15) is 11.6 Å². The number of aryl methyl sites for hydroxylation is 1. The van der Waals surface area contributed by atoms with E-state index in [9.17, 15) is 9.59 Å². The molecule has 0 aliphatic rings. The number of aromatic nitrogens is 3. The van der Waals surface area contributed by atoms with Crippen LogP contribution >= 0.6 is 11.6 Å². The zero-order valence-corrected chi connectivity index (χ0v) is 17.0. The molecule has 7 heteroatoms. The first-order chi connectivity index (χ1) is 14.0. The summed E-state index contributed by atoms with van der Waals surface area (Å²) in [7, 11) is 1.62.